The number of hydrogen-bond donors (Lipinski definition) is 1. The molecule has 1 aliphatic carbocycles. The van der Waals surface area contributed by atoms with E-state index in [9.17, 15) is 5.11 Å². The number of hydrogen-bond acceptors (Lipinski definition) is 1. The monoisotopic (exact) mass is 316 g/mol. The average Bonchev–Trinajstić information content (AvgIpc) is 2.35. The van der Waals surface area contributed by atoms with Crippen molar-refractivity contribution in [3.8, 4) is 5.75 Å². The highest BCUT2D eigenvalue weighted by molar-refractivity contribution is 5.62. The van der Waals surface area contributed by atoms with E-state index in [2.05, 4.69) is 62.3 Å². The zero-order valence-corrected chi connectivity index (χ0v) is 16.8. The molecule has 23 heavy (non-hydrogen) atoms. The SMILES string of the molecule is CCC(C)(C)c1c(C)c(C(C)(C)C)c(O)c2c1CCCC2(C)C. The quantitative estimate of drug-likeness (QED) is 0.679. The lowest BCUT2D eigenvalue weighted by Crippen LogP contribution is -2.31. The summed E-state index contributed by atoms with van der Waals surface area (Å²) in [6, 6.07) is 0. The summed E-state index contributed by atoms with van der Waals surface area (Å²) in [5, 5.41) is 11.2. The Balaban J connectivity index is 2.99. The van der Waals surface area contributed by atoms with Crippen LogP contribution in [0.4, 0.5) is 0 Å². The van der Waals surface area contributed by atoms with Gasteiger partial charge in [0.1, 0.15) is 5.75 Å². The topological polar surface area (TPSA) is 20.2 Å². The van der Waals surface area contributed by atoms with E-state index < -0.39 is 0 Å². The van der Waals surface area contributed by atoms with E-state index in [-0.39, 0.29) is 16.2 Å². The highest BCUT2D eigenvalue weighted by Gasteiger charge is 2.39. The van der Waals surface area contributed by atoms with Crippen molar-refractivity contribution in [3.05, 3.63) is 27.8 Å². The summed E-state index contributed by atoms with van der Waals surface area (Å²) in [4.78, 5) is 0. The smallest absolute Gasteiger partial charge is 0.123 e. The highest BCUT2D eigenvalue weighted by Crippen LogP contribution is 2.51. The minimum atomic E-state index is -0.0463. The largest absolute Gasteiger partial charge is 0.507 e. The molecular formula is C22H36O. The van der Waals surface area contributed by atoms with Gasteiger partial charge in [-0.3, -0.25) is 0 Å². The van der Waals surface area contributed by atoms with E-state index >= 15 is 0 Å². The standard InChI is InChI=1S/C22H36O/c1-10-21(6,7)16-14(2)17(20(3,4)5)19(23)18-15(16)12-11-13-22(18,8)9/h23H,10-13H2,1-9H3. The number of phenols is 1. The molecule has 1 nitrogen and oxygen atoms in total. The van der Waals surface area contributed by atoms with Gasteiger partial charge in [0.25, 0.3) is 0 Å². The van der Waals surface area contributed by atoms with Crippen molar-refractivity contribution in [1.82, 2.24) is 0 Å². The second kappa shape index (κ2) is 5.53. The summed E-state index contributed by atoms with van der Waals surface area (Å²) in [5.74, 6) is 0.574. The van der Waals surface area contributed by atoms with E-state index in [0.717, 1.165) is 24.8 Å². The first-order chi connectivity index (χ1) is 10.3. The maximum atomic E-state index is 11.2. The Morgan fingerprint density at radius 2 is 1.61 bits per heavy atom. The van der Waals surface area contributed by atoms with Crippen LogP contribution >= 0.6 is 0 Å². The average molecular weight is 317 g/mol. The van der Waals surface area contributed by atoms with Crippen LogP contribution in [0, 0.1) is 6.92 Å². The van der Waals surface area contributed by atoms with Crippen LogP contribution < -0.4 is 0 Å². The van der Waals surface area contributed by atoms with Crippen molar-refractivity contribution in [3.63, 3.8) is 0 Å². The molecule has 2 rings (SSSR count). The Morgan fingerprint density at radius 3 is 2.09 bits per heavy atom. The fourth-order valence-corrected chi connectivity index (χ4v) is 4.74. The van der Waals surface area contributed by atoms with Crippen molar-refractivity contribution in [2.24, 2.45) is 0 Å². The maximum Gasteiger partial charge on any atom is 0.123 e. The van der Waals surface area contributed by atoms with Crippen molar-refractivity contribution >= 4 is 0 Å². The van der Waals surface area contributed by atoms with Gasteiger partial charge in [-0.05, 0) is 65.5 Å². The summed E-state index contributed by atoms with van der Waals surface area (Å²) in [5.41, 5.74) is 6.81. The van der Waals surface area contributed by atoms with E-state index in [1.54, 1.807) is 0 Å². The van der Waals surface area contributed by atoms with Gasteiger partial charge in [0.15, 0.2) is 0 Å². The van der Waals surface area contributed by atoms with Crippen LogP contribution in [0.3, 0.4) is 0 Å². The van der Waals surface area contributed by atoms with Gasteiger partial charge in [-0.25, -0.2) is 0 Å². The molecule has 0 saturated carbocycles. The number of rotatable bonds is 2. The Hall–Kier alpha value is -0.980. The van der Waals surface area contributed by atoms with Crippen molar-refractivity contribution < 1.29 is 5.11 Å². The molecular weight excluding hydrogens is 280 g/mol. The van der Waals surface area contributed by atoms with Crippen LogP contribution in [0.15, 0.2) is 0 Å². The molecule has 0 unspecified atom stereocenters. The number of aromatic hydroxyl groups is 1. The van der Waals surface area contributed by atoms with E-state index in [1.807, 2.05) is 0 Å². The van der Waals surface area contributed by atoms with Crippen LogP contribution in [-0.4, -0.2) is 5.11 Å². The Kier molecular flexibility index (Phi) is 4.42. The molecule has 1 heteroatoms. The summed E-state index contributed by atoms with van der Waals surface area (Å²) >= 11 is 0. The molecule has 1 aliphatic rings. The lowest BCUT2D eigenvalue weighted by atomic mass is 9.63. The first-order valence-corrected chi connectivity index (χ1v) is 9.24. The third-order valence-corrected chi connectivity index (χ3v) is 6.04. The second-order valence-corrected chi connectivity index (χ2v) is 9.80. The van der Waals surface area contributed by atoms with Gasteiger partial charge in [0.05, 0.1) is 0 Å². The van der Waals surface area contributed by atoms with E-state index in [0.29, 0.717) is 5.75 Å². The maximum absolute atomic E-state index is 11.2. The van der Waals surface area contributed by atoms with Gasteiger partial charge in [-0.1, -0.05) is 55.4 Å². The molecule has 0 aromatic heterocycles. The van der Waals surface area contributed by atoms with Gasteiger partial charge >= 0.3 is 0 Å². The number of benzene rings is 1. The Bertz CT molecular complexity index is 612. The number of fused-ring (bicyclic) bond motifs is 1. The third-order valence-electron chi connectivity index (χ3n) is 6.04. The number of phenolic OH excluding ortho intramolecular Hbond substituents is 1. The minimum absolute atomic E-state index is 0.0463. The molecule has 0 aliphatic heterocycles. The summed E-state index contributed by atoms with van der Waals surface area (Å²) < 4.78 is 0. The van der Waals surface area contributed by atoms with Crippen LogP contribution in [0.25, 0.3) is 0 Å². The molecule has 0 saturated heterocycles. The predicted octanol–water partition coefficient (Wildman–Crippen LogP) is 6.30. The highest BCUT2D eigenvalue weighted by atomic mass is 16.3. The first kappa shape index (κ1) is 18.4. The normalized spacial score (nSPS) is 18.0. The van der Waals surface area contributed by atoms with Crippen molar-refractivity contribution in [2.75, 3.05) is 0 Å². The zero-order valence-electron chi connectivity index (χ0n) is 16.8. The molecule has 130 valence electrons. The Labute approximate surface area is 143 Å². The molecule has 0 radical (unpaired) electrons. The van der Waals surface area contributed by atoms with Crippen LogP contribution in [-0.2, 0) is 22.7 Å². The van der Waals surface area contributed by atoms with Crippen LogP contribution in [0.2, 0.25) is 0 Å². The molecule has 0 heterocycles. The first-order valence-electron chi connectivity index (χ1n) is 9.24. The van der Waals surface area contributed by atoms with E-state index in [1.165, 1.54) is 28.7 Å². The molecule has 0 bridgehead atoms. The minimum Gasteiger partial charge on any atom is -0.507 e. The zero-order chi connectivity index (χ0) is 17.8. The lowest BCUT2D eigenvalue weighted by molar-refractivity contribution is 0.372. The van der Waals surface area contributed by atoms with Crippen molar-refractivity contribution in [1.29, 1.82) is 0 Å². The van der Waals surface area contributed by atoms with Crippen LogP contribution in [0.1, 0.15) is 102 Å². The molecule has 0 fully saturated rings. The molecule has 1 aromatic carbocycles. The van der Waals surface area contributed by atoms with Gasteiger partial charge in [-0.2, -0.15) is 0 Å². The van der Waals surface area contributed by atoms with Crippen molar-refractivity contribution in [2.45, 2.75) is 104 Å². The molecule has 0 atom stereocenters. The summed E-state index contributed by atoms with van der Waals surface area (Å²) in [6.45, 7) is 20.5. The van der Waals surface area contributed by atoms with Crippen LogP contribution in [0.5, 0.6) is 5.75 Å². The Morgan fingerprint density at radius 1 is 1.04 bits per heavy atom. The second-order valence-electron chi connectivity index (χ2n) is 9.80. The van der Waals surface area contributed by atoms with Gasteiger partial charge in [0, 0.05) is 11.1 Å². The molecule has 1 aromatic rings. The molecule has 0 spiro atoms. The molecule has 1 N–H and O–H groups in total. The third kappa shape index (κ3) is 2.92. The predicted molar refractivity (Wildman–Crippen MR) is 101 cm³/mol. The van der Waals surface area contributed by atoms with Gasteiger partial charge in [-0.15, -0.1) is 0 Å². The molecule has 0 amide bonds. The lowest BCUT2D eigenvalue weighted by Gasteiger charge is -2.41. The summed E-state index contributed by atoms with van der Waals surface area (Å²) in [6.07, 6.45) is 4.61. The van der Waals surface area contributed by atoms with Gasteiger partial charge < -0.3 is 5.11 Å². The summed E-state index contributed by atoms with van der Waals surface area (Å²) in [7, 11) is 0. The van der Waals surface area contributed by atoms with Gasteiger partial charge in [0.2, 0.25) is 0 Å². The van der Waals surface area contributed by atoms with E-state index in [4.69, 9.17) is 0 Å². The fraction of sp³-hybridized carbons (Fsp3) is 0.727. The fourth-order valence-electron chi connectivity index (χ4n) is 4.74.